The zero-order valence-corrected chi connectivity index (χ0v) is 15.0. The Kier molecular flexibility index (Phi) is 5.71. The second kappa shape index (κ2) is 8.17. The molecule has 3 rings (SSSR count). The highest BCUT2D eigenvalue weighted by Gasteiger charge is 2.24. The molecule has 0 radical (unpaired) electrons. The van der Waals surface area contributed by atoms with E-state index in [4.69, 9.17) is 4.74 Å². The lowest BCUT2D eigenvalue weighted by atomic mass is 10.0. The quantitative estimate of drug-likeness (QED) is 0.875. The molecule has 1 amide bonds. The zero-order valence-electron chi connectivity index (χ0n) is 15.0. The first-order valence-electron chi connectivity index (χ1n) is 8.90. The molecule has 0 bridgehead atoms. The molecule has 0 unspecified atom stereocenters. The average Bonchev–Trinajstić information content (AvgIpc) is 3.17. The maximum Gasteiger partial charge on any atom is 0.251 e. The van der Waals surface area contributed by atoms with Crippen molar-refractivity contribution in [1.29, 1.82) is 0 Å². The van der Waals surface area contributed by atoms with Gasteiger partial charge < -0.3 is 10.1 Å². The van der Waals surface area contributed by atoms with Crippen molar-refractivity contribution in [3.63, 3.8) is 0 Å². The third-order valence-electron chi connectivity index (χ3n) is 4.85. The summed E-state index contributed by atoms with van der Waals surface area (Å²) in [6.07, 6.45) is 2.46. The topological polar surface area (TPSA) is 41.6 Å². The second-order valence-corrected chi connectivity index (χ2v) is 6.61. The molecule has 4 heteroatoms. The van der Waals surface area contributed by atoms with Gasteiger partial charge in [-0.05, 0) is 62.7 Å². The molecule has 1 N–H and O–H groups in total. The van der Waals surface area contributed by atoms with Crippen molar-refractivity contribution in [2.24, 2.45) is 0 Å². The smallest absolute Gasteiger partial charge is 0.251 e. The molecule has 0 aliphatic carbocycles. The standard InChI is InChI=1S/C21H26N2O2/c1-16-5-7-17(8-6-16)20(23-13-3-4-14-23)15-22-21(24)18-9-11-19(25-2)12-10-18/h5-12,20H,3-4,13-15H2,1-2H3,(H,22,24)/t20-/m0/s1. The van der Waals surface area contributed by atoms with Crippen molar-refractivity contribution in [2.75, 3.05) is 26.7 Å². The van der Waals surface area contributed by atoms with Gasteiger partial charge in [-0.2, -0.15) is 0 Å². The van der Waals surface area contributed by atoms with Crippen LogP contribution in [0.15, 0.2) is 48.5 Å². The van der Waals surface area contributed by atoms with Crippen LogP contribution in [0.3, 0.4) is 0 Å². The Morgan fingerprint density at radius 2 is 1.72 bits per heavy atom. The summed E-state index contributed by atoms with van der Waals surface area (Å²) in [4.78, 5) is 14.9. The van der Waals surface area contributed by atoms with E-state index in [9.17, 15) is 4.79 Å². The summed E-state index contributed by atoms with van der Waals surface area (Å²) in [5, 5.41) is 3.11. The van der Waals surface area contributed by atoms with Gasteiger partial charge in [0.1, 0.15) is 5.75 Å². The summed E-state index contributed by atoms with van der Waals surface area (Å²) < 4.78 is 5.14. The molecule has 25 heavy (non-hydrogen) atoms. The summed E-state index contributed by atoms with van der Waals surface area (Å²) in [5.41, 5.74) is 3.18. The molecule has 1 fully saturated rings. The number of ether oxygens (including phenoxy) is 1. The summed E-state index contributed by atoms with van der Waals surface area (Å²) >= 11 is 0. The molecule has 1 heterocycles. The summed E-state index contributed by atoms with van der Waals surface area (Å²) in [5.74, 6) is 0.713. The number of methoxy groups -OCH3 is 1. The van der Waals surface area contributed by atoms with Gasteiger partial charge in [0.15, 0.2) is 0 Å². The summed E-state index contributed by atoms with van der Waals surface area (Å²) in [6.45, 7) is 4.90. The Hall–Kier alpha value is -2.33. The second-order valence-electron chi connectivity index (χ2n) is 6.61. The minimum atomic E-state index is -0.0426. The first-order valence-corrected chi connectivity index (χ1v) is 8.90. The number of likely N-dealkylation sites (tertiary alicyclic amines) is 1. The number of amides is 1. The van der Waals surface area contributed by atoms with Gasteiger partial charge in [0, 0.05) is 12.1 Å². The first-order chi connectivity index (χ1) is 12.2. The molecule has 4 nitrogen and oxygen atoms in total. The maximum atomic E-state index is 12.5. The lowest BCUT2D eigenvalue weighted by Crippen LogP contribution is -2.36. The Morgan fingerprint density at radius 1 is 1.08 bits per heavy atom. The van der Waals surface area contributed by atoms with E-state index in [0.29, 0.717) is 12.1 Å². The SMILES string of the molecule is COc1ccc(C(=O)NC[C@@H](c2ccc(C)cc2)N2CCCC2)cc1. The Labute approximate surface area is 149 Å². The van der Waals surface area contributed by atoms with Gasteiger partial charge >= 0.3 is 0 Å². The Bertz CT molecular complexity index is 689. The monoisotopic (exact) mass is 338 g/mol. The molecular weight excluding hydrogens is 312 g/mol. The van der Waals surface area contributed by atoms with Crippen molar-refractivity contribution in [1.82, 2.24) is 10.2 Å². The predicted octanol–water partition coefficient (Wildman–Crippen LogP) is 3.57. The third kappa shape index (κ3) is 4.40. The van der Waals surface area contributed by atoms with Gasteiger partial charge in [0.2, 0.25) is 0 Å². The number of benzene rings is 2. The Balaban J connectivity index is 1.69. The van der Waals surface area contributed by atoms with E-state index in [1.165, 1.54) is 24.0 Å². The molecule has 2 aromatic carbocycles. The molecule has 0 aromatic heterocycles. The molecule has 0 saturated carbocycles. The minimum absolute atomic E-state index is 0.0426. The largest absolute Gasteiger partial charge is 0.497 e. The van der Waals surface area contributed by atoms with Gasteiger partial charge in [0.25, 0.3) is 5.91 Å². The highest BCUT2D eigenvalue weighted by atomic mass is 16.5. The van der Waals surface area contributed by atoms with E-state index in [1.54, 1.807) is 19.2 Å². The Morgan fingerprint density at radius 3 is 2.32 bits per heavy atom. The van der Waals surface area contributed by atoms with E-state index in [-0.39, 0.29) is 11.9 Å². The van der Waals surface area contributed by atoms with Crippen molar-refractivity contribution < 1.29 is 9.53 Å². The van der Waals surface area contributed by atoms with Crippen molar-refractivity contribution in [3.05, 3.63) is 65.2 Å². The van der Waals surface area contributed by atoms with Crippen LogP contribution in [0.2, 0.25) is 0 Å². The first kappa shape index (κ1) is 17.5. The maximum absolute atomic E-state index is 12.5. The van der Waals surface area contributed by atoms with Crippen LogP contribution in [-0.4, -0.2) is 37.6 Å². The number of hydrogen-bond acceptors (Lipinski definition) is 3. The van der Waals surface area contributed by atoms with Crippen LogP contribution in [0.1, 0.15) is 40.4 Å². The number of carbonyl (C=O) groups excluding carboxylic acids is 1. The molecular formula is C21H26N2O2. The lowest BCUT2D eigenvalue weighted by Gasteiger charge is -2.28. The van der Waals surface area contributed by atoms with E-state index < -0.39 is 0 Å². The molecule has 1 saturated heterocycles. The van der Waals surface area contributed by atoms with Crippen LogP contribution in [0, 0.1) is 6.92 Å². The van der Waals surface area contributed by atoms with Gasteiger partial charge in [-0.1, -0.05) is 29.8 Å². The fraction of sp³-hybridized carbons (Fsp3) is 0.381. The number of nitrogens with one attached hydrogen (secondary N) is 1. The third-order valence-corrected chi connectivity index (χ3v) is 4.85. The average molecular weight is 338 g/mol. The van der Waals surface area contributed by atoms with Gasteiger partial charge in [-0.15, -0.1) is 0 Å². The zero-order chi connectivity index (χ0) is 17.6. The van der Waals surface area contributed by atoms with Crippen LogP contribution < -0.4 is 10.1 Å². The van der Waals surface area contributed by atoms with E-state index in [1.807, 2.05) is 12.1 Å². The number of aryl methyl sites for hydroxylation is 1. The highest BCUT2D eigenvalue weighted by Crippen LogP contribution is 2.25. The van der Waals surface area contributed by atoms with E-state index in [2.05, 4.69) is 41.4 Å². The molecule has 1 aliphatic heterocycles. The normalized spacial score (nSPS) is 15.8. The summed E-state index contributed by atoms with van der Waals surface area (Å²) in [7, 11) is 1.62. The molecule has 0 spiro atoms. The molecule has 1 atom stereocenters. The lowest BCUT2D eigenvalue weighted by molar-refractivity contribution is 0.0938. The number of carbonyl (C=O) groups is 1. The fourth-order valence-corrected chi connectivity index (χ4v) is 3.33. The van der Waals surface area contributed by atoms with Crippen LogP contribution in [-0.2, 0) is 0 Å². The van der Waals surface area contributed by atoms with Gasteiger partial charge in [-0.25, -0.2) is 0 Å². The van der Waals surface area contributed by atoms with Crippen LogP contribution >= 0.6 is 0 Å². The van der Waals surface area contributed by atoms with E-state index >= 15 is 0 Å². The predicted molar refractivity (Wildman–Crippen MR) is 100 cm³/mol. The number of nitrogens with zero attached hydrogens (tertiary/aromatic N) is 1. The van der Waals surface area contributed by atoms with Crippen molar-refractivity contribution >= 4 is 5.91 Å². The van der Waals surface area contributed by atoms with Crippen molar-refractivity contribution in [2.45, 2.75) is 25.8 Å². The molecule has 1 aliphatic rings. The molecule has 2 aromatic rings. The van der Waals surface area contributed by atoms with Crippen LogP contribution in [0.4, 0.5) is 0 Å². The summed E-state index contributed by atoms with van der Waals surface area (Å²) in [6, 6.07) is 16.1. The minimum Gasteiger partial charge on any atom is -0.497 e. The van der Waals surface area contributed by atoms with Crippen molar-refractivity contribution in [3.8, 4) is 5.75 Å². The number of rotatable bonds is 6. The van der Waals surface area contributed by atoms with E-state index in [0.717, 1.165) is 18.8 Å². The van der Waals surface area contributed by atoms with Gasteiger partial charge in [-0.3, -0.25) is 9.69 Å². The highest BCUT2D eigenvalue weighted by molar-refractivity contribution is 5.94. The fourth-order valence-electron chi connectivity index (χ4n) is 3.33. The molecule has 132 valence electrons. The van der Waals surface area contributed by atoms with Crippen LogP contribution in [0.25, 0.3) is 0 Å². The van der Waals surface area contributed by atoms with Crippen LogP contribution in [0.5, 0.6) is 5.75 Å². The van der Waals surface area contributed by atoms with Gasteiger partial charge in [0.05, 0.1) is 13.2 Å². The number of hydrogen-bond donors (Lipinski definition) is 1.